The van der Waals surface area contributed by atoms with Crippen molar-refractivity contribution in [3.8, 4) is 0 Å². The van der Waals surface area contributed by atoms with Crippen LogP contribution in [0.5, 0.6) is 0 Å². The van der Waals surface area contributed by atoms with Crippen molar-refractivity contribution in [2.75, 3.05) is 51.1 Å². The van der Waals surface area contributed by atoms with Crippen molar-refractivity contribution in [3.05, 3.63) is 29.0 Å². The van der Waals surface area contributed by atoms with Gasteiger partial charge in [0.25, 0.3) is 5.91 Å². The molecule has 4 nitrogen and oxygen atoms in total. The fraction of sp³-hybridized carbons (Fsp3) is 0.500. The molecule has 2 bridgehead atoms. The van der Waals surface area contributed by atoms with Crippen LogP contribution in [0.2, 0.25) is 5.02 Å². The van der Waals surface area contributed by atoms with E-state index in [1.54, 1.807) is 0 Å². The van der Waals surface area contributed by atoms with Gasteiger partial charge in [0, 0.05) is 25.3 Å². The smallest absolute Gasteiger partial charge is 0.279 e. The summed E-state index contributed by atoms with van der Waals surface area (Å²) in [5, 5.41) is 2.84. The Balaban J connectivity index is 1.63. The summed E-state index contributed by atoms with van der Waals surface area (Å²) in [6, 6.07) is 4.25. The third-order valence-corrected chi connectivity index (χ3v) is 4.64. The van der Waals surface area contributed by atoms with Gasteiger partial charge in [-0.2, -0.15) is 0 Å². The Hall–Kier alpha value is -1.17. The van der Waals surface area contributed by atoms with Gasteiger partial charge in [0.05, 0.1) is 24.7 Å². The van der Waals surface area contributed by atoms with Crippen LogP contribution in [-0.4, -0.2) is 61.1 Å². The van der Waals surface area contributed by atoms with Crippen LogP contribution in [0.1, 0.15) is 0 Å². The summed E-state index contributed by atoms with van der Waals surface area (Å²) in [6.07, 6.45) is 0. The van der Waals surface area contributed by atoms with Gasteiger partial charge in [0.1, 0.15) is 5.82 Å². The number of piperazine rings is 3. The van der Waals surface area contributed by atoms with E-state index < -0.39 is 5.82 Å². The second kappa shape index (κ2) is 5.31. The lowest BCUT2D eigenvalue weighted by atomic mass is 10.1. The number of quaternary nitrogens is 1. The summed E-state index contributed by atoms with van der Waals surface area (Å²) in [7, 11) is 0. The Labute approximate surface area is 122 Å². The Morgan fingerprint density at radius 1 is 1.30 bits per heavy atom. The van der Waals surface area contributed by atoms with Gasteiger partial charge in [-0.1, -0.05) is 11.6 Å². The number of hydrogen-bond acceptors (Lipinski definition) is 2. The second-order valence-corrected chi connectivity index (χ2v) is 6.10. The van der Waals surface area contributed by atoms with E-state index in [0.717, 1.165) is 43.8 Å². The van der Waals surface area contributed by atoms with Crippen LogP contribution in [0.3, 0.4) is 0 Å². The lowest BCUT2D eigenvalue weighted by Gasteiger charge is -2.50. The number of fused-ring (bicyclic) bond motifs is 3. The highest BCUT2D eigenvalue weighted by atomic mass is 35.5. The Bertz CT molecular complexity index is 515. The Morgan fingerprint density at radius 2 is 1.95 bits per heavy atom. The van der Waals surface area contributed by atoms with Gasteiger partial charge in [-0.05, 0) is 18.2 Å². The van der Waals surface area contributed by atoms with Crippen LogP contribution in [-0.2, 0) is 4.79 Å². The van der Waals surface area contributed by atoms with E-state index in [9.17, 15) is 9.18 Å². The first kappa shape index (κ1) is 13.8. The molecule has 3 heterocycles. The van der Waals surface area contributed by atoms with Crippen LogP contribution in [0, 0.1) is 5.82 Å². The van der Waals surface area contributed by atoms with E-state index in [2.05, 4.69) is 10.2 Å². The first-order chi connectivity index (χ1) is 9.56. The number of nitrogens with zero attached hydrogens (tertiary/aromatic N) is 2. The molecule has 3 aliphatic heterocycles. The number of nitrogens with one attached hydrogen (secondary N) is 1. The number of amides is 1. The molecular weight excluding hydrogens is 281 g/mol. The van der Waals surface area contributed by atoms with Crippen molar-refractivity contribution in [3.63, 3.8) is 0 Å². The van der Waals surface area contributed by atoms with Gasteiger partial charge < -0.3 is 9.80 Å². The van der Waals surface area contributed by atoms with E-state index >= 15 is 0 Å². The normalized spacial score (nSPS) is 28.4. The molecule has 1 N–H and O–H groups in total. The predicted octanol–water partition coefficient (Wildman–Crippen LogP) is 1.56. The van der Waals surface area contributed by atoms with Crippen LogP contribution in [0.4, 0.5) is 10.1 Å². The van der Waals surface area contributed by atoms with Crippen LogP contribution >= 0.6 is 11.6 Å². The number of carbonyl (C=O) groups is 1. The average Bonchev–Trinajstić information content (AvgIpc) is 2.44. The zero-order chi connectivity index (χ0) is 14.2. The largest absolute Gasteiger partial charge is 0.321 e. The van der Waals surface area contributed by atoms with Crippen molar-refractivity contribution in [1.82, 2.24) is 4.90 Å². The molecule has 1 aromatic rings. The molecule has 3 saturated heterocycles. The third-order valence-electron chi connectivity index (χ3n) is 4.35. The molecule has 0 radical (unpaired) electrons. The molecular formula is C14H18ClFN3O+. The molecule has 0 aliphatic carbocycles. The molecule has 3 aliphatic rings. The number of benzene rings is 1. The van der Waals surface area contributed by atoms with Crippen LogP contribution < -0.4 is 5.32 Å². The van der Waals surface area contributed by atoms with Gasteiger partial charge >= 0.3 is 0 Å². The van der Waals surface area contributed by atoms with Crippen molar-refractivity contribution in [2.45, 2.75) is 0 Å². The molecule has 108 valence electrons. The first-order valence-electron chi connectivity index (χ1n) is 6.89. The summed E-state index contributed by atoms with van der Waals surface area (Å²) < 4.78 is 13.9. The van der Waals surface area contributed by atoms with Crippen molar-refractivity contribution in [2.24, 2.45) is 0 Å². The van der Waals surface area contributed by atoms with Gasteiger partial charge in [-0.25, -0.2) is 4.39 Å². The van der Waals surface area contributed by atoms with Crippen LogP contribution in [0.15, 0.2) is 18.2 Å². The minimum Gasteiger partial charge on any atom is -0.321 e. The number of carbonyl (C=O) groups excluding carboxylic acids is 1. The molecule has 3 fully saturated rings. The second-order valence-electron chi connectivity index (χ2n) is 5.69. The lowest BCUT2D eigenvalue weighted by molar-refractivity contribution is -0.933. The van der Waals surface area contributed by atoms with E-state index in [4.69, 9.17) is 11.6 Å². The third kappa shape index (κ3) is 2.80. The standard InChI is InChI=1S/C14H17ClFN3O/c15-12-9-11(1-2-13(12)16)17-14(20)10-19-6-3-18(4-7-19)5-8-19/h1-2,9H,3-8,10H2/p+1. The zero-order valence-corrected chi connectivity index (χ0v) is 12.0. The van der Waals surface area contributed by atoms with E-state index in [1.807, 2.05) is 0 Å². The van der Waals surface area contributed by atoms with E-state index in [1.165, 1.54) is 18.2 Å². The molecule has 0 spiro atoms. The maximum atomic E-state index is 13.1. The fourth-order valence-corrected chi connectivity index (χ4v) is 3.23. The topological polar surface area (TPSA) is 32.3 Å². The number of hydrogen-bond donors (Lipinski definition) is 1. The highest BCUT2D eigenvalue weighted by Gasteiger charge is 2.39. The SMILES string of the molecule is O=C(C[N+]12CCN(CC1)CC2)Nc1ccc(F)c(Cl)c1. The molecule has 0 unspecified atom stereocenters. The quantitative estimate of drug-likeness (QED) is 0.859. The monoisotopic (exact) mass is 298 g/mol. The van der Waals surface area contributed by atoms with Crippen molar-refractivity contribution >= 4 is 23.2 Å². The molecule has 0 atom stereocenters. The minimum absolute atomic E-state index is 0.0250. The van der Waals surface area contributed by atoms with Gasteiger partial charge in [0.2, 0.25) is 0 Å². The number of halogens is 2. The maximum Gasteiger partial charge on any atom is 0.279 e. The van der Waals surface area contributed by atoms with Gasteiger partial charge in [-0.15, -0.1) is 0 Å². The lowest BCUT2D eigenvalue weighted by Crippen LogP contribution is -2.68. The molecule has 1 aromatic carbocycles. The number of rotatable bonds is 3. The fourth-order valence-electron chi connectivity index (χ4n) is 3.05. The van der Waals surface area contributed by atoms with Crippen LogP contribution in [0.25, 0.3) is 0 Å². The highest BCUT2D eigenvalue weighted by molar-refractivity contribution is 6.31. The Morgan fingerprint density at radius 3 is 2.55 bits per heavy atom. The van der Waals surface area contributed by atoms with Gasteiger partial charge in [-0.3, -0.25) is 9.69 Å². The summed E-state index contributed by atoms with van der Waals surface area (Å²) in [4.78, 5) is 14.6. The molecule has 0 saturated carbocycles. The van der Waals surface area contributed by atoms with Crippen molar-refractivity contribution in [1.29, 1.82) is 0 Å². The molecule has 1 amide bonds. The van der Waals surface area contributed by atoms with Crippen molar-refractivity contribution < 1.29 is 13.7 Å². The summed E-state index contributed by atoms with van der Waals surface area (Å²) >= 11 is 5.71. The first-order valence-corrected chi connectivity index (χ1v) is 7.27. The zero-order valence-electron chi connectivity index (χ0n) is 11.2. The van der Waals surface area contributed by atoms with Gasteiger partial charge in [0.15, 0.2) is 6.54 Å². The summed E-state index contributed by atoms with van der Waals surface area (Å²) in [6.45, 7) is 6.84. The molecule has 20 heavy (non-hydrogen) atoms. The maximum absolute atomic E-state index is 13.1. The minimum atomic E-state index is -0.473. The molecule has 0 aromatic heterocycles. The van der Waals surface area contributed by atoms with E-state index in [0.29, 0.717) is 12.2 Å². The predicted molar refractivity (Wildman–Crippen MR) is 76.2 cm³/mol. The highest BCUT2D eigenvalue weighted by Crippen LogP contribution is 2.21. The Kier molecular flexibility index (Phi) is 3.67. The summed E-state index contributed by atoms with van der Waals surface area (Å²) in [5.41, 5.74) is 0.551. The summed E-state index contributed by atoms with van der Waals surface area (Å²) in [5.74, 6) is -0.498. The molecule has 6 heteroatoms. The molecule has 4 rings (SSSR count). The average molecular weight is 299 g/mol. The van der Waals surface area contributed by atoms with E-state index in [-0.39, 0.29) is 10.9 Å². The number of anilines is 1.